The maximum Gasteiger partial charge on any atom is -0.0849 e. The van der Waals surface area contributed by atoms with Crippen molar-refractivity contribution in [3.63, 3.8) is 0 Å². The first kappa shape index (κ1) is 7.54. The van der Waals surface area contributed by atoms with E-state index in [0.29, 0.717) is 0 Å². The minimum Gasteiger partial charge on any atom is -0.247 e. The van der Waals surface area contributed by atoms with Gasteiger partial charge in [0.05, 0.1) is 0 Å². The Labute approximate surface area is 58.1 Å². The molecule has 1 rings (SSSR count). The van der Waals surface area contributed by atoms with Crippen LogP contribution in [0.2, 0.25) is 0 Å². The number of aromatic nitrogens is 3. The Bertz CT molecular complexity index is 94.1. The fourth-order valence-electron chi connectivity index (χ4n) is 0.181. The number of hydrogen-bond donors (Lipinski definition) is 0. The van der Waals surface area contributed by atoms with Crippen LogP contribution in [0.1, 0.15) is 0 Å². The van der Waals surface area contributed by atoms with Gasteiger partial charge in [0.25, 0.3) is 0 Å². The maximum absolute atomic E-state index is 3.39. The summed E-state index contributed by atoms with van der Waals surface area (Å²) in [5, 5.41) is 9.92. The second-order valence-corrected chi connectivity index (χ2v) is 0.750. The van der Waals surface area contributed by atoms with Crippen LogP contribution in [0.25, 0.3) is 0 Å². The first-order chi connectivity index (χ1) is 4.00. The molecule has 0 spiro atoms. The van der Waals surface area contributed by atoms with Crippen molar-refractivity contribution in [3.05, 3.63) is 18.5 Å². The summed E-state index contributed by atoms with van der Waals surface area (Å²) in [6.45, 7) is 0. The van der Waals surface area contributed by atoms with Gasteiger partial charge in [-0.15, -0.1) is 6.20 Å². The van der Waals surface area contributed by atoms with E-state index in [4.69, 9.17) is 0 Å². The van der Waals surface area contributed by atoms with E-state index in [1.807, 2.05) is 0 Å². The van der Waals surface area contributed by atoms with Crippen LogP contribution in [0, 0.1) is 6.20 Å². The molecule has 0 unspecified atom stereocenters. The molecule has 4 heteroatoms. The Morgan fingerprint density at radius 2 is 2.25 bits per heavy atom. The molecule has 0 saturated carbocycles. The summed E-state index contributed by atoms with van der Waals surface area (Å²) in [7, 11) is 0. The quantitative estimate of drug-likeness (QED) is 0.424. The molecule has 46 valence electrons. The average Bonchev–Trinajstić information content (AvgIpc) is 1.96. The van der Waals surface area contributed by atoms with Crippen LogP contribution in [0.5, 0.6) is 0 Å². The maximum atomic E-state index is 3.39. The van der Waals surface area contributed by atoms with Crippen LogP contribution >= 0.6 is 0 Å². The zero-order valence-corrected chi connectivity index (χ0v) is 5.57. The summed E-state index contributed by atoms with van der Waals surface area (Å²) in [6, 6.07) is 1.59. The Kier molecular flexibility index (Phi) is 6.17. The molecule has 0 N–H and O–H groups in total. The normalized spacial score (nSPS) is 6.75. The van der Waals surface area contributed by atoms with Gasteiger partial charge in [-0.2, -0.15) is 6.07 Å². The standard InChI is InChI=1S/C3H2N3.CH2.Pd/c1-2-4-6-5-3-1;;/h1-2H;1H2;/q-1;;. The van der Waals surface area contributed by atoms with E-state index in [9.17, 15) is 0 Å². The SMILES string of the molecule is [CH2]=[Pd].[c-]1ccnnn1. The van der Waals surface area contributed by atoms with Gasteiger partial charge < -0.3 is 0 Å². The zero-order chi connectivity index (χ0) is 6.24. The topological polar surface area (TPSA) is 38.7 Å². The molecule has 0 aromatic carbocycles. The fourth-order valence-corrected chi connectivity index (χ4v) is 0.181. The molecular formula is C4H4N3Pd-. The van der Waals surface area contributed by atoms with Crippen LogP contribution in [0.3, 0.4) is 0 Å². The molecule has 0 aliphatic rings. The molecule has 0 saturated heterocycles. The Morgan fingerprint density at radius 1 is 1.50 bits per heavy atom. The molecule has 0 aliphatic carbocycles. The van der Waals surface area contributed by atoms with Crippen LogP contribution in [-0.4, -0.2) is 20.4 Å². The number of hydrogen-bond acceptors (Lipinski definition) is 3. The van der Waals surface area contributed by atoms with E-state index < -0.39 is 0 Å². The molecule has 0 bridgehead atoms. The van der Waals surface area contributed by atoms with Crippen molar-refractivity contribution in [2.24, 2.45) is 0 Å². The van der Waals surface area contributed by atoms with Crippen molar-refractivity contribution in [1.82, 2.24) is 15.4 Å². The predicted molar refractivity (Wildman–Crippen MR) is 25.8 cm³/mol. The summed E-state index contributed by atoms with van der Waals surface area (Å²) >= 11 is 2.50. The molecule has 0 aliphatic heterocycles. The molecule has 1 heterocycles. The van der Waals surface area contributed by atoms with E-state index in [2.05, 4.69) is 45.3 Å². The molecule has 3 nitrogen and oxygen atoms in total. The molecule has 0 atom stereocenters. The van der Waals surface area contributed by atoms with Crippen molar-refractivity contribution in [3.8, 4) is 0 Å². The second kappa shape index (κ2) is 6.54. The molecule has 0 fully saturated rings. The van der Waals surface area contributed by atoms with Gasteiger partial charge in [-0.1, -0.05) is 11.4 Å². The van der Waals surface area contributed by atoms with Crippen molar-refractivity contribution >= 4 is 4.99 Å². The molecule has 1 aromatic heterocycles. The van der Waals surface area contributed by atoms with Crippen molar-refractivity contribution in [2.75, 3.05) is 0 Å². The Hall–Kier alpha value is -0.458. The Morgan fingerprint density at radius 3 is 2.38 bits per heavy atom. The van der Waals surface area contributed by atoms with Gasteiger partial charge in [0.2, 0.25) is 0 Å². The summed E-state index contributed by atoms with van der Waals surface area (Å²) in [6.07, 6.45) is 3.99. The van der Waals surface area contributed by atoms with Gasteiger partial charge in [-0.25, -0.2) is 10.2 Å². The Balaban J connectivity index is 0.000000222. The van der Waals surface area contributed by atoms with E-state index in [0.717, 1.165) is 0 Å². The number of nitrogens with zero attached hydrogens (tertiary/aromatic N) is 3. The van der Waals surface area contributed by atoms with Crippen LogP contribution in [0.4, 0.5) is 0 Å². The van der Waals surface area contributed by atoms with E-state index >= 15 is 0 Å². The van der Waals surface area contributed by atoms with Gasteiger partial charge in [0.15, 0.2) is 0 Å². The van der Waals surface area contributed by atoms with Crippen LogP contribution < -0.4 is 0 Å². The smallest absolute Gasteiger partial charge is 0.0849 e. The average molecular weight is 201 g/mol. The molecular weight excluding hydrogens is 196 g/mol. The summed E-state index contributed by atoms with van der Waals surface area (Å²) in [5.41, 5.74) is 0. The third-order valence-electron chi connectivity index (χ3n) is 0.370. The van der Waals surface area contributed by atoms with Gasteiger partial charge >= 0.3 is 23.7 Å². The van der Waals surface area contributed by atoms with Gasteiger partial charge in [-0.05, 0) is 0 Å². The van der Waals surface area contributed by atoms with Gasteiger partial charge in [0, 0.05) is 0 Å². The first-order valence-corrected chi connectivity index (χ1v) is 2.83. The zero-order valence-electron chi connectivity index (χ0n) is 4.02. The van der Waals surface area contributed by atoms with Crippen molar-refractivity contribution < 1.29 is 18.7 Å². The van der Waals surface area contributed by atoms with E-state index in [-0.39, 0.29) is 0 Å². The van der Waals surface area contributed by atoms with Crippen LogP contribution in [-0.2, 0) is 18.7 Å². The second-order valence-electron chi connectivity index (χ2n) is 0.750. The van der Waals surface area contributed by atoms with E-state index in [1.165, 1.54) is 6.20 Å². The van der Waals surface area contributed by atoms with Crippen molar-refractivity contribution in [2.45, 2.75) is 0 Å². The molecule has 1 aromatic rings. The summed E-state index contributed by atoms with van der Waals surface area (Å²) in [4.78, 5) is 3.10. The summed E-state index contributed by atoms with van der Waals surface area (Å²) in [5.74, 6) is 0. The first-order valence-electron chi connectivity index (χ1n) is 1.73. The van der Waals surface area contributed by atoms with Gasteiger partial charge in [-0.3, -0.25) is 0 Å². The minimum absolute atomic E-state index is 1.52. The minimum atomic E-state index is 1.52. The van der Waals surface area contributed by atoms with Crippen molar-refractivity contribution in [1.29, 1.82) is 0 Å². The largest absolute Gasteiger partial charge is 0.247 e. The third-order valence-corrected chi connectivity index (χ3v) is 0.370. The van der Waals surface area contributed by atoms with Gasteiger partial charge in [0.1, 0.15) is 0 Å². The molecule has 8 heavy (non-hydrogen) atoms. The number of rotatable bonds is 0. The van der Waals surface area contributed by atoms with E-state index in [1.54, 1.807) is 6.07 Å². The molecule has 0 radical (unpaired) electrons. The third kappa shape index (κ3) is 3.72. The van der Waals surface area contributed by atoms with Crippen LogP contribution in [0.15, 0.2) is 12.3 Å². The predicted octanol–water partition coefficient (Wildman–Crippen LogP) is -0.363. The fraction of sp³-hybridized carbons (Fsp3) is 0. The molecule has 0 amide bonds. The summed E-state index contributed by atoms with van der Waals surface area (Å²) < 4.78 is 0. The monoisotopic (exact) mass is 200 g/mol.